The van der Waals surface area contributed by atoms with Gasteiger partial charge >= 0.3 is 6.98 Å². The molecule has 1 rings (SSSR count). The maximum atomic E-state index is 11.8. The van der Waals surface area contributed by atoms with E-state index in [4.69, 9.17) is 11.6 Å². The van der Waals surface area contributed by atoms with Gasteiger partial charge in [0.2, 0.25) is 0 Å². The number of benzene rings is 1. The summed E-state index contributed by atoms with van der Waals surface area (Å²) in [4.78, 5) is 0. The van der Waals surface area contributed by atoms with E-state index >= 15 is 0 Å². The number of hydrogen-bond acceptors (Lipinski definition) is 1. The zero-order chi connectivity index (χ0) is 10.8. The average molecular weight is 288 g/mol. The molecule has 0 unspecified atom stereocenters. The standard InChI is InChI=1S/C7H5BBrClF3O/c9-5-1-2-7(6(10)3-5)14-4-8(11,12)13/h1-3H,4H2/q-1. The summed E-state index contributed by atoms with van der Waals surface area (Å²) >= 11 is 8.77. The van der Waals surface area contributed by atoms with Gasteiger partial charge in [-0.05, 0) is 18.2 Å². The Bertz CT molecular complexity index is 331. The van der Waals surface area contributed by atoms with Gasteiger partial charge in [-0.15, -0.1) is 0 Å². The van der Waals surface area contributed by atoms with Gasteiger partial charge in [0.25, 0.3) is 0 Å². The first kappa shape index (κ1) is 11.7. The zero-order valence-electron chi connectivity index (χ0n) is 6.81. The molecule has 1 aromatic rings. The topological polar surface area (TPSA) is 9.23 Å². The second-order valence-corrected chi connectivity index (χ2v) is 3.92. The number of hydrogen-bond donors (Lipinski definition) is 0. The van der Waals surface area contributed by atoms with Crippen LogP contribution in [0, 0.1) is 0 Å². The predicted octanol–water partition coefficient (Wildman–Crippen LogP) is 3.87. The molecule has 0 aliphatic carbocycles. The Morgan fingerprint density at radius 2 is 2.00 bits per heavy atom. The molecular formula is C7H5BBrClF3O-. The minimum Gasteiger partial charge on any atom is -0.520 e. The molecule has 0 spiro atoms. The van der Waals surface area contributed by atoms with Crippen molar-refractivity contribution >= 4 is 34.5 Å². The Labute approximate surface area is 92.4 Å². The van der Waals surface area contributed by atoms with Crippen molar-refractivity contribution in [3.63, 3.8) is 0 Å². The molecule has 0 heterocycles. The minimum atomic E-state index is -4.94. The first-order valence-corrected chi connectivity index (χ1v) is 4.84. The molecule has 0 aliphatic heterocycles. The highest BCUT2D eigenvalue weighted by Crippen LogP contribution is 2.28. The fourth-order valence-corrected chi connectivity index (χ4v) is 1.50. The van der Waals surface area contributed by atoms with Gasteiger partial charge < -0.3 is 17.7 Å². The van der Waals surface area contributed by atoms with Gasteiger partial charge in [-0.25, -0.2) is 0 Å². The Balaban J connectivity index is 2.68. The second-order valence-electron chi connectivity index (χ2n) is 2.60. The Kier molecular flexibility index (Phi) is 3.72. The SMILES string of the molecule is F[B-](F)(F)COc1ccc(Br)cc1Cl. The molecule has 1 nitrogen and oxygen atoms in total. The van der Waals surface area contributed by atoms with Crippen molar-refractivity contribution in [2.75, 3.05) is 6.51 Å². The monoisotopic (exact) mass is 287 g/mol. The Hall–Kier alpha value is -0.355. The van der Waals surface area contributed by atoms with Crippen LogP contribution < -0.4 is 4.74 Å². The summed E-state index contributed by atoms with van der Waals surface area (Å²) in [5.74, 6) is 0.0362. The molecular weight excluding hydrogens is 283 g/mol. The molecule has 0 radical (unpaired) electrons. The summed E-state index contributed by atoms with van der Waals surface area (Å²) < 4.78 is 40.7. The van der Waals surface area contributed by atoms with Gasteiger partial charge in [0, 0.05) is 4.47 Å². The van der Waals surface area contributed by atoms with Gasteiger partial charge in [-0.3, -0.25) is 0 Å². The molecule has 7 heteroatoms. The van der Waals surface area contributed by atoms with E-state index in [1.54, 1.807) is 6.07 Å². The molecule has 0 amide bonds. The molecule has 78 valence electrons. The Morgan fingerprint density at radius 3 is 2.50 bits per heavy atom. The van der Waals surface area contributed by atoms with Crippen molar-refractivity contribution in [2.45, 2.75) is 0 Å². The van der Waals surface area contributed by atoms with Gasteiger partial charge in [-0.1, -0.05) is 27.5 Å². The van der Waals surface area contributed by atoms with Crippen LogP contribution in [0.25, 0.3) is 0 Å². The van der Waals surface area contributed by atoms with Crippen molar-refractivity contribution in [1.82, 2.24) is 0 Å². The third kappa shape index (κ3) is 3.80. The lowest BCUT2D eigenvalue weighted by molar-refractivity contribution is 0.313. The smallest absolute Gasteiger partial charge is 0.515 e. The lowest BCUT2D eigenvalue weighted by atomic mass is 9.95. The van der Waals surface area contributed by atoms with E-state index < -0.39 is 13.5 Å². The molecule has 0 fully saturated rings. The normalized spacial score (nSPS) is 11.5. The molecule has 0 atom stereocenters. The Morgan fingerprint density at radius 1 is 1.36 bits per heavy atom. The summed E-state index contributed by atoms with van der Waals surface area (Å²) in [6, 6.07) is 4.42. The summed E-state index contributed by atoms with van der Waals surface area (Å²) in [5.41, 5.74) is 0. The van der Waals surface area contributed by atoms with Crippen LogP contribution in [-0.2, 0) is 0 Å². The van der Waals surface area contributed by atoms with E-state index in [9.17, 15) is 12.9 Å². The van der Waals surface area contributed by atoms with Crippen molar-refractivity contribution in [3.8, 4) is 5.75 Å². The van der Waals surface area contributed by atoms with Crippen LogP contribution >= 0.6 is 27.5 Å². The number of halogens is 5. The predicted molar refractivity (Wildman–Crippen MR) is 53.7 cm³/mol. The quantitative estimate of drug-likeness (QED) is 0.767. The highest BCUT2D eigenvalue weighted by molar-refractivity contribution is 9.10. The molecule has 0 saturated heterocycles. The van der Waals surface area contributed by atoms with Gasteiger partial charge in [0.1, 0.15) is 5.75 Å². The first-order valence-electron chi connectivity index (χ1n) is 3.67. The number of rotatable bonds is 3. The van der Waals surface area contributed by atoms with Crippen molar-refractivity contribution in [3.05, 3.63) is 27.7 Å². The fourth-order valence-electron chi connectivity index (χ4n) is 0.777. The van der Waals surface area contributed by atoms with Crippen LogP contribution in [0.15, 0.2) is 22.7 Å². The van der Waals surface area contributed by atoms with Crippen LogP contribution in [-0.4, -0.2) is 13.5 Å². The lowest BCUT2D eigenvalue weighted by Gasteiger charge is -2.15. The van der Waals surface area contributed by atoms with Crippen molar-refractivity contribution in [2.24, 2.45) is 0 Å². The maximum Gasteiger partial charge on any atom is 0.515 e. The second kappa shape index (κ2) is 4.44. The molecule has 0 N–H and O–H groups in total. The van der Waals surface area contributed by atoms with Crippen LogP contribution in [0.3, 0.4) is 0 Å². The zero-order valence-corrected chi connectivity index (χ0v) is 9.16. The molecule has 0 aromatic heterocycles. The highest BCUT2D eigenvalue weighted by atomic mass is 79.9. The lowest BCUT2D eigenvalue weighted by Crippen LogP contribution is -2.26. The van der Waals surface area contributed by atoms with Crippen molar-refractivity contribution in [1.29, 1.82) is 0 Å². The van der Waals surface area contributed by atoms with Crippen LogP contribution in [0.2, 0.25) is 5.02 Å². The minimum absolute atomic E-state index is 0.0362. The van der Waals surface area contributed by atoms with E-state index in [2.05, 4.69) is 20.7 Å². The average Bonchev–Trinajstić information content (AvgIpc) is 2.00. The fraction of sp³-hybridized carbons (Fsp3) is 0.143. The van der Waals surface area contributed by atoms with Gasteiger partial charge in [-0.2, -0.15) is 0 Å². The highest BCUT2D eigenvalue weighted by Gasteiger charge is 2.24. The summed E-state index contributed by atoms with van der Waals surface area (Å²) in [6.45, 7) is -6.22. The van der Waals surface area contributed by atoms with Gasteiger partial charge in [0.05, 0.1) is 11.5 Å². The van der Waals surface area contributed by atoms with Crippen LogP contribution in [0.5, 0.6) is 5.75 Å². The summed E-state index contributed by atoms with van der Waals surface area (Å²) in [7, 11) is 0. The number of ether oxygens (including phenoxy) is 1. The van der Waals surface area contributed by atoms with E-state index in [1.807, 2.05) is 0 Å². The van der Waals surface area contributed by atoms with Crippen molar-refractivity contribution < 1.29 is 17.7 Å². The third-order valence-corrected chi connectivity index (χ3v) is 2.11. The van der Waals surface area contributed by atoms with E-state index in [0.29, 0.717) is 4.47 Å². The molecule has 14 heavy (non-hydrogen) atoms. The molecule has 0 saturated carbocycles. The van der Waals surface area contributed by atoms with E-state index in [1.165, 1.54) is 12.1 Å². The summed E-state index contributed by atoms with van der Waals surface area (Å²) in [6.07, 6.45) is 0. The first-order chi connectivity index (χ1) is 6.38. The van der Waals surface area contributed by atoms with E-state index in [0.717, 1.165) is 0 Å². The summed E-state index contributed by atoms with van der Waals surface area (Å²) in [5, 5.41) is 0.152. The maximum absolute atomic E-state index is 11.8. The van der Waals surface area contributed by atoms with E-state index in [-0.39, 0.29) is 10.8 Å². The molecule has 1 aromatic carbocycles. The van der Waals surface area contributed by atoms with Crippen LogP contribution in [0.4, 0.5) is 12.9 Å². The third-order valence-electron chi connectivity index (χ3n) is 1.32. The molecule has 0 aliphatic rings. The largest absolute Gasteiger partial charge is 0.520 e. The van der Waals surface area contributed by atoms with Gasteiger partial charge in [0.15, 0.2) is 0 Å². The van der Waals surface area contributed by atoms with Crippen LogP contribution in [0.1, 0.15) is 0 Å². The molecule has 0 bridgehead atoms.